The van der Waals surface area contributed by atoms with E-state index in [0.717, 1.165) is 30.8 Å². The summed E-state index contributed by atoms with van der Waals surface area (Å²) in [4.78, 5) is 13.7. The Bertz CT molecular complexity index is 417. The Hall–Kier alpha value is -1.55. The highest BCUT2D eigenvalue weighted by molar-refractivity contribution is 5.82. The van der Waals surface area contributed by atoms with Crippen LogP contribution in [0.5, 0.6) is 0 Å². The van der Waals surface area contributed by atoms with Gasteiger partial charge in [0.05, 0.1) is 6.54 Å². The van der Waals surface area contributed by atoms with Crippen LogP contribution in [0.4, 0.5) is 5.69 Å². The fourth-order valence-electron chi connectivity index (χ4n) is 2.21. The Morgan fingerprint density at radius 3 is 3.00 bits per heavy atom. The van der Waals surface area contributed by atoms with Crippen molar-refractivity contribution in [3.63, 3.8) is 0 Å². The first-order chi connectivity index (χ1) is 8.20. The molecule has 1 heterocycles. The molecule has 2 rings (SSSR count). The largest absolute Gasteiger partial charge is 0.362 e. The molecular formula is C13H19N3O. The third-order valence-electron chi connectivity index (χ3n) is 3.10. The van der Waals surface area contributed by atoms with E-state index in [1.165, 1.54) is 5.56 Å². The minimum Gasteiger partial charge on any atom is -0.362 e. The van der Waals surface area contributed by atoms with Crippen LogP contribution in [0.15, 0.2) is 18.2 Å². The molecule has 1 aliphatic rings. The summed E-state index contributed by atoms with van der Waals surface area (Å²) in [6.07, 6.45) is 0.990. The van der Waals surface area contributed by atoms with Gasteiger partial charge in [-0.2, -0.15) is 0 Å². The van der Waals surface area contributed by atoms with E-state index in [2.05, 4.69) is 29.3 Å². The van der Waals surface area contributed by atoms with Gasteiger partial charge >= 0.3 is 0 Å². The Morgan fingerprint density at radius 1 is 1.47 bits per heavy atom. The number of nitrogens with two attached hydrogens (primary N) is 1. The van der Waals surface area contributed by atoms with Gasteiger partial charge in [0.15, 0.2) is 0 Å². The van der Waals surface area contributed by atoms with Gasteiger partial charge in [-0.25, -0.2) is 0 Å². The first kappa shape index (κ1) is 11.9. The average Bonchev–Trinajstić information content (AvgIpc) is 2.53. The first-order valence-corrected chi connectivity index (χ1v) is 6.02. The fraction of sp³-hybridized carbons (Fsp3) is 0.462. The van der Waals surface area contributed by atoms with Crippen LogP contribution in [-0.4, -0.2) is 25.5 Å². The molecular weight excluding hydrogens is 214 g/mol. The molecule has 1 amide bonds. The number of anilines is 1. The second kappa shape index (κ2) is 5.19. The minimum atomic E-state index is 0.102. The maximum Gasteiger partial charge on any atom is 0.239 e. The van der Waals surface area contributed by atoms with Crippen LogP contribution in [0.25, 0.3) is 0 Å². The van der Waals surface area contributed by atoms with Crippen LogP contribution in [-0.2, 0) is 11.3 Å². The van der Waals surface area contributed by atoms with Crippen molar-refractivity contribution in [1.29, 1.82) is 0 Å². The first-order valence-electron chi connectivity index (χ1n) is 6.02. The lowest BCUT2D eigenvalue weighted by Crippen LogP contribution is -2.33. The average molecular weight is 233 g/mol. The second-order valence-corrected chi connectivity index (χ2v) is 4.45. The molecule has 0 aliphatic carbocycles. The Morgan fingerprint density at radius 2 is 2.29 bits per heavy atom. The zero-order valence-electron chi connectivity index (χ0n) is 10.2. The molecule has 0 bridgehead atoms. The number of amides is 1. The van der Waals surface area contributed by atoms with Crippen LogP contribution in [0.1, 0.15) is 17.5 Å². The van der Waals surface area contributed by atoms with E-state index < -0.39 is 0 Å². The molecule has 1 aromatic rings. The summed E-state index contributed by atoms with van der Waals surface area (Å²) in [7, 11) is 0. The third kappa shape index (κ3) is 2.77. The van der Waals surface area contributed by atoms with Crippen molar-refractivity contribution in [2.45, 2.75) is 19.9 Å². The van der Waals surface area contributed by atoms with E-state index in [4.69, 9.17) is 5.73 Å². The monoisotopic (exact) mass is 233 g/mol. The van der Waals surface area contributed by atoms with Gasteiger partial charge in [0.25, 0.3) is 0 Å². The third-order valence-corrected chi connectivity index (χ3v) is 3.10. The maximum atomic E-state index is 11.5. The molecule has 0 spiro atoms. The van der Waals surface area contributed by atoms with Crippen molar-refractivity contribution in [3.8, 4) is 0 Å². The van der Waals surface area contributed by atoms with Crippen molar-refractivity contribution in [3.05, 3.63) is 29.3 Å². The number of benzene rings is 1. The topological polar surface area (TPSA) is 58.4 Å². The van der Waals surface area contributed by atoms with Crippen LogP contribution in [0.2, 0.25) is 0 Å². The quantitative estimate of drug-likeness (QED) is 0.793. The van der Waals surface area contributed by atoms with Crippen LogP contribution >= 0.6 is 0 Å². The molecule has 1 aromatic carbocycles. The van der Waals surface area contributed by atoms with Crippen molar-refractivity contribution in [1.82, 2.24) is 5.32 Å². The SMILES string of the molecule is Cc1cc(CN)ccc1N1CCCNC(=O)C1. The summed E-state index contributed by atoms with van der Waals surface area (Å²) < 4.78 is 0. The molecule has 3 N–H and O–H groups in total. The molecule has 1 aliphatic heterocycles. The molecule has 0 saturated carbocycles. The van der Waals surface area contributed by atoms with Crippen molar-refractivity contribution in [2.75, 3.05) is 24.5 Å². The Kier molecular flexibility index (Phi) is 3.64. The van der Waals surface area contributed by atoms with E-state index in [-0.39, 0.29) is 5.91 Å². The minimum absolute atomic E-state index is 0.102. The fourth-order valence-corrected chi connectivity index (χ4v) is 2.21. The van der Waals surface area contributed by atoms with E-state index >= 15 is 0 Å². The van der Waals surface area contributed by atoms with E-state index in [9.17, 15) is 4.79 Å². The van der Waals surface area contributed by atoms with Crippen LogP contribution in [0, 0.1) is 6.92 Å². The highest BCUT2D eigenvalue weighted by atomic mass is 16.2. The summed E-state index contributed by atoms with van der Waals surface area (Å²) in [5, 5.41) is 2.89. The van der Waals surface area contributed by atoms with Crippen LogP contribution < -0.4 is 16.0 Å². The zero-order chi connectivity index (χ0) is 12.3. The van der Waals surface area contributed by atoms with Crippen molar-refractivity contribution in [2.24, 2.45) is 5.73 Å². The van der Waals surface area contributed by atoms with Crippen molar-refractivity contribution >= 4 is 11.6 Å². The van der Waals surface area contributed by atoms with Gasteiger partial charge in [-0.15, -0.1) is 0 Å². The molecule has 0 unspecified atom stereocenters. The molecule has 17 heavy (non-hydrogen) atoms. The second-order valence-electron chi connectivity index (χ2n) is 4.45. The van der Waals surface area contributed by atoms with Gasteiger partial charge in [-0.1, -0.05) is 12.1 Å². The molecule has 0 radical (unpaired) electrons. The Labute approximate surface area is 102 Å². The standard InChI is InChI=1S/C13H19N3O/c1-10-7-11(8-14)3-4-12(10)16-6-2-5-15-13(17)9-16/h3-4,7H,2,5-6,8-9,14H2,1H3,(H,15,17). The highest BCUT2D eigenvalue weighted by Crippen LogP contribution is 2.21. The van der Waals surface area contributed by atoms with Gasteiger partial charge in [-0.3, -0.25) is 4.79 Å². The lowest BCUT2D eigenvalue weighted by Gasteiger charge is -2.23. The normalized spacial score (nSPS) is 16.6. The molecule has 92 valence electrons. The zero-order valence-corrected chi connectivity index (χ0v) is 10.2. The van der Waals surface area contributed by atoms with E-state index in [1.807, 2.05) is 6.07 Å². The summed E-state index contributed by atoms with van der Waals surface area (Å²) in [6.45, 7) is 4.76. The number of nitrogens with zero attached hydrogens (tertiary/aromatic N) is 1. The smallest absolute Gasteiger partial charge is 0.239 e. The van der Waals surface area contributed by atoms with E-state index in [0.29, 0.717) is 13.1 Å². The predicted molar refractivity (Wildman–Crippen MR) is 68.9 cm³/mol. The summed E-state index contributed by atoms with van der Waals surface area (Å²) in [6, 6.07) is 6.19. The number of aryl methyl sites for hydroxylation is 1. The molecule has 4 nitrogen and oxygen atoms in total. The van der Waals surface area contributed by atoms with Crippen molar-refractivity contribution < 1.29 is 4.79 Å². The number of hydrogen-bond donors (Lipinski definition) is 2. The lowest BCUT2D eigenvalue weighted by atomic mass is 10.1. The maximum absolute atomic E-state index is 11.5. The molecule has 0 aromatic heterocycles. The van der Waals surface area contributed by atoms with E-state index in [1.54, 1.807) is 0 Å². The molecule has 1 fully saturated rings. The molecule has 1 saturated heterocycles. The Balaban J connectivity index is 2.23. The molecule has 4 heteroatoms. The van der Waals surface area contributed by atoms with Crippen LogP contribution in [0.3, 0.4) is 0 Å². The number of carbonyl (C=O) groups excluding carboxylic acids is 1. The van der Waals surface area contributed by atoms with Gasteiger partial charge < -0.3 is 16.0 Å². The highest BCUT2D eigenvalue weighted by Gasteiger charge is 2.16. The lowest BCUT2D eigenvalue weighted by molar-refractivity contribution is -0.119. The predicted octanol–water partition coefficient (Wildman–Crippen LogP) is 0.780. The summed E-state index contributed by atoms with van der Waals surface area (Å²) >= 11 is 0. The van der Waals surface area contributed by atoms with Gasteiger partial charge in [-0.05, 0) is 30.5 Å². The van der Waals surface area contributed by atoms with Gasteiger partial charge in [0.2, 0.25) is 5.91 Å². The number of nitrogens with one attached hydrogen (secondary N) is 1. The number of carbonyl (C=O) groups is 1. The summed E-state index contributed by atoms with van der Waals surface area (Å²) in [5.41, 5.74) is 9.07. The van der Waals surface area contributed by atoms with Gasteiger partial charge in [0.1, 0.15) is 0 Å². The van der Waals surface area contributed by atoms with Gasteiger partial charge in [0, 0.05) is 25.3 Å². The molecule has 0 atom stereocenters. The number of hydrogen-bond acceptors (Lipinski definition) is 3. The summed E-state index contributed by atoms with van der Waals surface area (Å²) in [5.74, 6) is 0.102. The number of rotatable bonds is 2.